The van der Waals surface area contributed by atoms with Crippen molar-refractivity contribution in [3.8, 4) is 5.75 Å². The topological polar surface area (TPSA) is 50.5 Å². The van der Waals surface area contributed by atoms with Crippen LogP contribution in [0.15, 0.2) is 18.2 Å². The molecule has 21 heavy (non-hydrogen) atoms. The summed E-state index contributed by atoms with van der Waals surface area (Å²) in [4.78, 5) is 2.55. The Kier molecular flexibility index (Phi) is 5.74. The summed E-state index contributed by atoms with van der Waals surface area (Å²) in [6, 6.07) is 5.87. The molecule has 1 aromatic carbocycles. The van der Waals surface area contributed by atoms with Crippen LogP contribution >= 0.6 is 0 Å². The number of nitrogens with one attached hydrogen (secondary N) is 1. The van der Waals surface area contributed by atoms with Crippen molar-refractivity contribution in [2.75, 3.05) is 37.2 Å². The van der Waals surface area contributed by atoms with E-state index in [1.54, 1.807) is 0 Å². The van der Waals surface area contributed by atoms with Crippen LogP contribution in [0.25, 0.3) is 0 Å². The molecule has 4 nitrogen and oxygen atoms in total. The maximum atomic E-state index is 5.95. The minimum Gasteiger partial charge on any atom is -0.491 e. The van der Waals surface area contributed by atoms with Gasteiger partial charge in [0.15, 0.2) is 0 Å². The molecule has 1 aliphatic rings. The number of hydrogen-bond donors (Lipinski definition) is 2. The highest BCUT2D eigenvalue weighted by atomic mass is 16.5. The van der Waals surface area contributed by atoms with Gasteiger partial charge in [-0.2, -0.15) is 0 Å². The first-order valence-electron chi connectivity index (χ1n) is 8.06. The predicted molar refractivity (Wildman–Crippen MR) is 89.9 cm³/mol. The highest BCUT2D eigenvalue weighted by molar-refractivity contribution is 5.59. The highest BCUT2D eigenvalue weighted by Crippen LogP contribution is 2.23. The van der Waals surface area contributed by atoms with E-state index in [9.17, 15) is 0 Å². The predicted octanol–water partition coefficient (Wildman–Crippen LogP) is 3.20. The second-order valence-corrected chi connectivity index (χ2v) is 6.45. The highest BCUT2D eigenvalue weighted by Gasteiger charge is 2.14. The van der Waals surface area contributed by atoms with Gasteiger partial charge >= 0.3 is 0 Å². The molecule has 0 amide bonds. The number of rotatable bonds is 7. The first kappa shape index (κ1) is 16.0. The third-order valence-electron chi connectivity index (χ3n) is 3.72. The first-order chi connectivity index (χ1) is 10.0. The molecule has 0 aliphatic carbocycles. The van der Waals surface area contributed by atoms with Crippen molar-refractivity contribution in [1.29, 1.82) is 0 Å². The molecule has 0 saturated carbocycles. The lowest BCUT2D eigenvalue weighted by Gasteiger charge is -2.21. The Morgan fingerprint density at radius 3 is 2.57 bits per heavy atom. The van der Waals surface area contributed by atoms with E-state index in [-0.39, 0.29) is 6.10 Å². The van der Waals surface area contributed by atoms with E-state index in [1.165, 1.54) is 32.5 Å². The molecule has 1 heterocycles. The Hall–Kier alpha value is -1.42. The smallest absolute Gasteiger partial charge is 0.123 e. The molecule has 0 aromatic heterocycles. The van der Waals surface area contributed by atoms with Gasteiger partial charge < -0.3 is 20.7 Å². The van der Waals surface area contributed by atoms with Crippen molar-refractivity contribution in [3.05, 3.63) is 18.2 Å². The molecule has 2 rings (SSSR count). The summed E-state index contributed by atoms with van der Waals surface area (Å²) in [6.45, 7) is 11.0. The number of nitrogens with two attached hydrogens (primary N) is 1. The molecule has 0 bridgehead atoms. The lowest BCUT2D eigenvalue weighted by molar-refractivity contribution is 0.242. The van der Waals surface area contributed by atoms with Crippen molar-refractivity contribution in [3.63, 3.8) is 0 Å². The Bertz CT molecular complexity index is 442. The van der Waals surface area contributed by atoms with E-state index in [4.69, 9.17) is 10.5 Å². The first-order valence-corrected chi connectivity index (χ1v) is 8.06. The lowest BCUT2D eigenvalue weighted by Crippen LogP contribution is -2.28. The molecule has 1 aliphatic heterocycles. The minimum atomic E-state index is 0.161. The summed E-state index contributed by atoms with van der Waals surface area (Å²) in [7, 11) is 0. The summed E-state index contributed by atoms with van der Waals surface area (Å²) in [5.41, 5.74) is 7.72. The summed E-state index contributed by atoms with van der Waals surface area (Å²) < 4.78 is 5.72. The second-order valence-electron chi connectivity index (χ2n) is 6.45. The molecular weight excluding hydrogens is 262 g/mol. The molecule has 0 spiro atoms. The van der Waals surface area contributed by atoms with Gasteiger partial charge in [0, 0.05) is 36.6 Å². The van der Waals surface area contributed by atoms with Gasteiger partial charge in [0.2, 0.25) is 0 Å². The number of nitrogen functional groups attached to an aromatic ring is 1. The fourth-order valence-corrected chi connectivity index (χ4v) is 2.83. The quantitative estimate of drug-likeness (QED) is 0.758. The van der Waals surface area contributed by atoms with Crippen molar-refractivity contribution in [1.82, 2.24) is 4.90 Å². The maximum Gasteiger partial charge on any atom is 0.123 e. The molecule has 1 fully saturated rings. The van der Waals surface area contributed by atoms with Gasteiger partial charge in [0.1, 0.15) is 5.75 Å². The third-order valence-corrected chi connectivity index (χ3v) is 3.72. The van der Waals surface area contributed by atoms with Crippen molar-refractivity contribution in [2.45, 2.75) is 39.7 Å². The summed E-state index contributed by atoms with van der Waals surface area (Å²) >= 11 is 0. The molecule has 118 valence electrons. The summed E-state index contributed by atoms with van der Waals surface area (Å²) in [5.74, 6) is 1.46. The molecule has 1 atom stereocenters. The van der Waals surface area contributed by atoms with Gasteiger partial charge in [0.25, 0.3) is 0 Å². The van der Waals surface area contributed by atoms with E-state index >= 15 is 0 Å². The zero-order valence-corrected chi connectivity index (χ0v) is 13.6. The van der Waals surface area contributed by atoms with Crippen LogP contribution in [0.1, 0.15) is 33.6 Å². The number of likely N-dealkylation sites (tertiary alicyclic amines) is 1. The third kappa shape index (κ3) is 5.46. The molecular formula is C17H29N3O. The molecule has 0 radical (unpaired) electrons. The Morgan fingerprint density at radius 1 is 1.19 bits per heavy atom. The average molecular weight is 291 g/mol. The van der Waals surface area contributed by atoms with Gasteiger partial charge in [0.05, 0.1) is 6.10 Å². The lowest BCUT2D eigenvalue weighted by atomic mass is 10.1. The molecule has 1 unspecified atom stereocenters. The summed E-state index contributed by atoms with van der Waals surface area (Å²) in [6.07, 6.45) is 2.87. The van der Waals surface area contributed by atoms with Crippen LogP contribution < -0.4 is 15.8 Å². The molecule has 1 aromatic rings. The zero-order chi connectivity index (χ0) is 15.2. The monoisotopic (exact) mass is 291 g/mol. The van der Waals surface area contributed by atoms with Crippen LogP contribution in [-0.4, -0.2) is 37.2 Å². The maximum absolute atomic E-state index is 5.95. The Labute approximate surface area is 128 Å². The van der Waals surface area contributed by atoms with Crippen LogP contribution in [0.2, 0.25) is 0 Å². The molecule has 1 saturated heterocycles. The minimum absolute atomic E-state index is 0.161. The van der Waals surface area contributed by atoms with Gasteiger partial charge in [-0.05, 0) is 51.8 Å². The Morgan fingerprint density at radius 2 is 1.90 bits per heavy atom. The van der Waals surface area contributed by atoms with E-state index in [0.29, 0.717) is 5.92 Å². The number of nitrogens with zero attached hydrogens (tertiary/aromatic N) is 1. The number of ether oxygens (including phenoxy) is 1. The molecule has 3 N–H and O–H groups in total. The van der Waals surface area contributed by atoms with Crippen LogP contribution in [0, 0.1) is 5.92 Å². The van der Waals surface area contributed by atoms with Crippen LogP contribution in [0.3, 0.4) is 0 Å². The van der Waals surface area contributed by atoms with Crippen LogP contribution in [0.5, 0.6) is 5.75 Å². The van der Waals surface area contributed by atoms with Crippen molar-refractivity contribution < 1.29 is 4.74 Å². The average Bonchev–Trinajstić information content (AvgIpc) is 2.87. The van der Waals surface area contributed by atoms with E-state index in [2.05, 4.69) is 17.1 Å². The van der Waals surface area contributed by atoms with E-state index in [1.807, 2.05) is 32.0 Å². The second kappa shape index (κ2) is 7.55. The fourth-order valence-electron chi connectivity index (χ4n) is 2.83. The molecule has 4 heteroatoms. The van der Waals surface area contributed by atoms with Crippen LogP contribution in [0.4, 0.5) is 11.4 Å². The van der Waals surface area contributed by atoms with Crippen molar-refractivity contribution in [2.24, 2.45) is 5.92 Å². The SMILES string of the molecule is CC(CNc1cc(N)cc(OC(C)C)c1)CN1CCCC1. The number of benzene rings is 1. The van der Waals surface area contributed by atoms with Gasteiger partial charge in [-0.15, -0.1) is 0 Å². The van der Waals surface area contributed by atoms with Gasteiger partial charge in [-0.1, -0.05) is 6.92 Å². The summed E-state index contributed by atoms with van der Waals surface area (Å²) in [5, 5.41) is 3.49. The van der Waals surface area contributed by atoms with Crippen LogP contribution in [-0.2, 0) is 0 Å². The fraction of sp³-hybridized carbons (Fsp3) is 0.647. The Balaban J connectivity index is 1.85. The largest absolute Gasteiger partial charge is 0.491 e. The number of hydrogen-bond acceptors (Lipinski definition) is 4. The van der Waals surface area contributed by atoms with E-state index < -0.39 is 0 Å². The zero-order valence-electron chi connectivity index (χ0n) is 13.6. The van der Waals surface area contributed by atoms with Gasteiger partial charge in [-0.3, -0.25) is 0 Å². The van der Waals surface area contributed by atoms with E-state index in [0.717, 1.165) is 23.7 Å². The van der Waals surface area contributed by atoms with Gasteiger partial charge in [-0.25, -0.2) is 0 Å². The number of anilines is 2. The standard InChI is InChI=1S/C17H29N3O/c1-13(2)21-17-9-15(18)8-16(10-17)19-11-14(3)12-20-6-4-5-7-20/h8-10,13-14,19H,4-7,11-12,18H2,1-3H3. The van der Waals surface area contributed by atoms with Crippen molar-refractivity contribution >= 4 is 11.4 Å². The normalized spacial score (nSPS) is 17.1.